The topological polar surface area (TPSA) is 23.6 Å². The number of hydrogen-bond donors (Lipinski definition) is 0. The van der Waals surface area contributed by atoms with Crippen LogP contribution in [0.1, 0.15) is 39.5 Å². The van der Waals surface area contributed by atoms with Crippen molar-refractivity contribution in [2.75, 3.05) is 27.2 Å². The molecule has 1 fully saturated rings. The first kappa shape index (κ1) is 15.1. The molecule has 2 atom stereocenters. The second-order valence-corrected chi connectivity index (χ2v) is 5.66. The lowest BCUT2D eigenvalue weighted by molar-refractivity contribution is -0.135. The molecule has 18 heavy (non-hydrogen) atoms. The fourth-order valence-corrected chi connectivity index (χ4v) is 2.64. The lowest BCUT2D eigenvalue weighted by Gasteiger charge is -2.27. The maximum Gasteiger partial charge on any atom is 0.225 e. The van der Waals surface area contributed by atoms with Crippen LogP contribution in [-0.4, -0.2) is 42.9 Å². The highest BCUT2D eigenvalue weighted by Crippen LogP contribution is 2.25. The number of rotatable bonds is 6. The Morgan fingerprint density at radius 1 is 1.33 bits per heavy atom. The molecule has 2 unspecified atom stereocenters. The summed E-state index contributed by atoms with van der Waals surface area (Å²) in [7, 11) is 4.03. The van der Waals surface area contributed by atoms with E-state index in [-0.39, 0.29) is 5.92 Å². The predicted octanol–water partition coefficient (Wildman–Crippen LogP) is 2.74. The van der Waals surface area contributed by atoms with Crippen LogP contribution < -0.4 is 0 Å². The number of nitrogens with zero attached hydrogens (tertiary/aromatic N) is 2. The zero-order valence-corrected chi connectivity index (χ0v) is 12.4. The van der Waals surface area contributed by atoms with Crippen LogP contribution in [0.25, 0.3) is 0 Å². The second kappa shape index (κ2) is 6.81. The Morgan fingerprint density at radius 2 is 1.89 bits per heavy atom. The number of hydrogen-bond acceptors (Lipinski definition) is 2. The van der Waals surface area contributed by atoms with Crippen molar-refractivity contribution in [2.24, 2.45) is 11.8 Å². The normalized spacial score (nSPS) is 18.6. The minimum atomic E-state index is 0.162. The third kappa shape index (κ3) is 3.76. The molecule has 0 N–H and O–H groups in total. The van der Waals surface area contributed by atoms with Crippen molar-refractivity contribution < 1.29 is 4.79 Å². The summed E-state index contributed by atoms with van der Waals surface area (Å²) in [5, 5.41) is 0. The highest BCUT2D eigenvalue weighted by atomic mass is 16.2. The summed E-state index contributed by atoms with van der Waals surface area (Å²) >= 11 is 0. The Balaban J connectivity index is 2.55. The van der Waals surface area contributed by atoms with Crippen molar-refractivity contribution in [3.63, 3.8) is 0 Å². The smallest absolute Gasteiger partial charge is 0.225 e. The molecule has 1 aliphatic rings. The minimum Gasteiger partial charge on any atom is -0.381 e. The lowest BCUT2D eigenvalue weighted by Crippen LogP contribution is -2.34. The maximum atomic E-state index is 12.4. The van der Waals surface area contributed by atoms with Gasteiger partial charge in [0.1, 0.15) is 0 Å². The van der Waals surface area contributed by atoms with Crippen LogP contribution in [0.15, 0.2) is 12.3 Å². The van der Waals surface area contributed by atoms with Gasteiger partial charge >= 0.3 is 0 Å². The van der Waals surface area contributed by atoms with Crippen LogP contribution >= 0.6 is 0 Å². The van der Waals surface area contributed by atoms with E-state index in [1.807, 2.05) is 19.0 Å². The van der Waals surface area contributed by atoms with Gasteiger partial charge in [-0.15, -0.1) is 0 Å². The first-order chi connectivity index (χ1) is 8.47. The molecule has 104 valence electrons. The summed E-state index contributed by atoms with van der Waals surface area (Å²) in [5.74, 6) is 0.889. The number of amides is 1. The molecule has 0 radical (unpaired) electrons. The van der Waals surface area contributed by atoms with Gasteiger partial charge < -0.3 is 9.80 Å². The van der Waals surface area contributed by atoms with Crippen molar-refractivity contribution >= 4 is 5.91 Å². The predicted molar refractivity (Wildman–Crippen MR) is 76.2 cm³/mol. The molecule has 3 heteroatoms. The number of likely N-dealkylation sites (tertiary alicyclic amines) is 1. The first-order valence-corrected chi connectivity index (χ1v) is 7.12. The van der Waals surface area contributed by atoms with E-state index in [2.05, 4.69) is 25.3 Å². The highest BCUT2D eigenvalue weighted by molar-refractivity contribution is 5.79. The Hall–Kier alpha value is -0.990. The molecular formula is C15H28N2O. The van der Waals surface area contributed by atoms with Crippen LogP contribution in [0.2, 0.25) is 0 Å². The van der Waals surface area contributed by atoms with Crippen LogP contribution in [0.5, 0.6) is 0 Å². The van der Waals surface area contributed by atoms with Crippen LogP contribution in [0.3, 0.4) is 0 Å². The number of allylic oxidation sites excluding steroid dienone is 1. The lowest BCUT2D eigenvalue weighted by atomic mass is 9.90. The molecule has 3 nitrogen and oxygen atoms in total. The fraction of sp³-hybridized carbons (Fsp3) is 0.800. The summed E-state index contributed by atoms with van der Waals surface area (Å²) in [4.78, 5) is 16.5. The molecule has 0 bridgehead atoms. The average molecular weight is 252 g/mol. The monoisotopic (exact) mass is 252 g/mol. The summed E-state index contributed by atoms with van der Waals surface area (Å²) < 4.78 is 0. The van der Waals surface area contributed by atoms with Gasteiger partial charge in [0, 0.05) is 38.8 Å². The molecule has 1 saturated heterocycles. The summed E-state index contributed by atoms with van der Waals surface area (Å²) in [6.07, 6.45) is 4.19. The van der Waals surface area contributed by atoms with Gasteiger partial charge in [0.2, 0.25) is 5.91 Å². The molecule has 0 aromatic rings. The van der Waals surface area contributed by atoms with Crippen molar-refractivity contribution in [3.8, 4) is 0 Å². The Labute approximate surface area is 112 Å². The van der Waals surface area contributed by atoms with Crippen molar-refractivity contribution in [3.05, 3.63) is 12.3 Å². The van der Waals surface area contributed by atoms with Gasteiger partial charge in [-0.05, 0) is 31.6 Å². The van der Waals surface area contributed by atoms with E-state index >= 15 is 0 Å². The van der Waals surface area contributed by atoms with E-state index in [4.69, 9.17) is 0 Å². The Kier molecular flexibility index (Phi) is 5.70. The maximum absolute atomic E-state index is 12.4. The third-order valence-electron chi connectivity index (χ3n) is 4.04. The molecule has 0 aromatic heterocycles. The van der Waals surface area contributed by atoms with Gasteiger partial charge in [-0.3, -0.25) is 4.79 Å². The average Bonchev–Trinajstić information content (AvgIpc) is 2.87. The zero-order chi connectivity index (χ0) is 13.7. The molecule has 1 amide bonds. The third-order valence-corrected chi connectivity index (χ3v) is 4.04. The van der Waals surface area contributed by atoms with E-state index in [0.717, 1.165) is 31.6 Å². The molecule has 1 heterocycles. The molecule has 1 rings (SSSR count). The van der Waals surface area contributed by atoms with Crippen LogP contribution in [0, 0.1) is 11.8 Å². The standard InChI is InChI=1S/C15H28N2O/c1-6-14(11-12(2)13(3)16(4)5)15(18)17-9-7-8-10-17/h12,14H,3,6-11H2,1-2,4-5H3. The summed E-state index contributed by atoms with van der Waals surface area (Å²) in [6, 6.07) is 0. The summed E-state index contributed by atoms with van der Waals surface area (Å²) in [5.41, 5.74) is 1.11. The van der Waals surface area contributed by atoms with Gasteiger partial charge in [0.05, 0.1) is 0 Å². The van der Waals surface area contributed by atoms with E-state index in [1.165, 1.54) is 12.8 Å². The van der Waals surface area contributed by atoms with Crippen LogP contribution in [-0.2, 0) is 4.79 Å². The molecule has 0 aliphatic carbocycles. The van der Waals surface area contributed by atoms with Gasteiger partial charge in [-0.2, -0.15) is 0 Å². The Morgan fingerprint density at radius 3 is 2.33 bits per heavy atom. The highest BCUT2D eigenvalue weighted by Gasteiger charge is 2.27. The molecule has 0 aromatic carbocycles. The minimum absolute atomic E-state index is 0.162. The first-order valence-electron chi connectivity index (χ1n) is 7.12. The van der Waals surface area contributed by atoms with E-state index in [0.29, 0.717) is 11.8 Å². The molecular weight excluding hydrogens is 224 g/mol. The quantitative estimate of drug-likeness (QED) is 0.725. The molecule has 0 saturated carbocycles. The van der Waals surface area contributed by atoms with Crippen molar-refractivity contribution in [1.29, 1.82) is 0 Å². The summed E-state index contributed by atoms with van der Waals surface area (Å²) in [6.45, 7) is 10.3. The van der Waals surface area contributed by atoms with Crippen molar-refractivity contribution in [2.45, 2.75) is 39.5 Å². The van der Waals surface area contributed by atoms with Gasteiger partial charge in [-0.25, -0.2) is 0 Å². The largest absolute Gasteiger partial charge is 0.381 e. The van der Waals surface area contributed by atoms with Crippen molar-refractivity contribution in [1.82, 2.24) is 9.80 Å². The van der Waals surface area contributed by atoms with Gasteiger partial charge in [0.15, 0.2) is 0 Å². The van der Waals surface area contributed by atoms with Crippen LogP contribution in [0.4, 0.5) is 0 Å². The van der Waals surface area contributed by atoms with Gasteiger partial charge in [-0.1, -0.05) is 20.4 Å². The zero-order valence-electron chi connectivity index (χ0n) is 12.4. The van der Waals surface area contributed by atoms with E-state index in [9.17, 15) is 4.79 Å². The van der Waals surface area contributed by atoms with E-state index in [1.54, 1.807) is 0 Å². The van der Waals surface area contributed by atoms with Gasteiger partial charge in [0.25, 0.3) is 0 Å². The second-order valence-electron chi connectivity index (χ2n) is 5.66. The number of carbonyl (C=O) groups excluding carboxylic acids is 1. The Bertz CT molecular complexity index is 293. The number of carbonyl (C=O) groups is 1. The fourth-order valence-electron chi connectivity index (χ4n) is 2.64. The SMILES string of the molecule is C=C(C(C)CC(CC)C(=O)N1CCCC1)N(C)C. The molecule has 0 spiro atoms. The molecule has 1 aliphatic heterocycles. The van der Waals surface area contributed by atoms with E-state index < -0.39 is 0 Å².